The minimum absolute atomic E-state index is 0.0901. The Morgan fingerprint density at radius 3 is 2.33 bits per heavy atom. The summed E-state index contributed by atoms with van der Waals surface area (Å²) in [6.45, 7) is 3.58. The monoisotopic (exact) mass is 442 g/mol. The van der Waals surface area contributed by atoms with Crippen molar-refractivity contribution in [1.82, 2.24) is 10.2 Å². The fraction of sp³-hybridized carbons (Fsp3) is 0.818. The maximum Gasteiger partial charge on any atom is 0.242 e. The first-order valence-corrected chi connectivity index (χ1v) is 12.3. The Balaban J connectivity index is 2.09. The summed E-state index contributed by atoms with van der Waals surface area (Å²) in [5.41, 5.74) is 0. The van der Waals surface area contributed by atoms with Gasteiger partial charge >= 0.3 is 0 Å². The summed E-state index contributed by atoms with van der Waals surface area (Å²) < 4.78 is 0. The number of rotatable bonds is 19. The van der Waals surface area contributed by atoms with Gasteiger partial charge in [0.25, 0.3) is 0 Å². The summed E-state index contributed by atoms with van der Waals surface area (Å²) in [6.07, 6.45) is 7.98. The number of aliphatic hydroxyl groups excluding tert-OH is 1. The van der Waals surface area contributed by atoms with Crippen LogP contribution < -0.4 is 5.32 Å². The Labute approximate surface area is 184 Å². The highest BCUT2D eigenvalue weighted by Crippen LogP contribution is 2.25. The lowest BCUT2D eigenvalue weighted by Crippen LogP contribution is -2.32. The molecule has 1 aliphatic heterocycles. The molecule has 0 radical (unpaired) electrons. The van der Waals surface area contributed by atoms with Crippen molar-refractivity contribution in [2.75, 3.05) is 32.0 Å². The number of hydrogen-bond acceptors (Lipinski definition) is 7. The zero-order valence-corrected chi connectivity index (χ0v) is 19.1. The molecule has 1 heterocycles. The molecule has 0 bridgehead atoms. The summed E-state index contributed by atoms with van der Waals surface area (Å²) in [6, 6.07) is 0. The number of amides is 2. The van der Waals surface area contributed by atoms with Gasteiger partial charge in [-0.15, -0.1) is 11.8 Å². The molecule has 1 rings (SSSR count). The van der Waals surface area contributed by atoms with Crippen LogP contribution in [0.25, 0.3) is 0 Å². The van der Waals surface area contributed by atoms with Crippen LogP contribution in [0, 0.1) is 0 Å². The SMILES string of the molecule is CC(=O)CCNCCSC1CC(=O)N(CCCCCC(=O)CCCCCCO)C1=O. The molecule has 1 saturated heterocycles. The number of ketones is 2. The van der Waals surface area contributed by atoms with Crippen molar-refractivity contribution in [1.29, 1.82) is 0 Å². The number of imide groups is 1. The number of carbonyl (C=O) groups is 4. The summed E-state index contributed by atoms with van der Waals surface area (Å²) in [4.78, 5) is 48.7. The molecule has 1 fully saturated rings. The van der Waals surface area contributed by atoms with Crippen LogP contribution in [0.4, 0.5) is 0 Å². The van der Waals surface area contributed by atoms with Crippen LogP contribution in [0.5, 0.6) is 0 Å². The van der Waals surface area contributed by atoms with E-state index in [1.165, 1.54) is 16.7 Å². The number of hydrogen-bond donors (Lipinski definition) is 2. The molecule has 0 saturated carbocycles. The topological polar surface area (TPSA) is 104 Å². The zero-order chi connectivity index (χ0) is 22.2. The molecule has 30 heavy (non-hydrogen) atoms. The lowest BCUT2D eigenvalue weighted by atomic mass is 10.1. The van der Waals surface area contributed by atoms with E-state index < -0.39 is 0 Å². The van der Waals surface area contributed by atoms with Gasteiger partial charge in [0.2, 0.25) is 11.8 Å². The van der Waals surface area contributed by atoms with Gasteiger partial charge in [0.1, 0.15) is 11.6 Å². The van der Waals surface area contributed by atoms with Crippen LogP contribution in [0.2, 0.25) is 0 Å². The van der Waals surface area contributed by atoms with Crippen LogP contribution >= 0.6 is 11.8 Å². The fourth-order valence-electron chi connectivity index (χ4n) is 3.36. The molecule has 2 N–H and O–H groups in total. The normalized spacial score (nSPS) is 16.5. The molecule has 1 unspecified atom stereocenters. The van der Waals surface area contributed by atoms with Gasteiger partial charge in [-0.2, -0.15) is 0 Å². The minimum atomic E-state index is -0.292. The van der Waals surface area contributed by atoms with Gasteiger partial charge < -0.3 is 10.4 Å². The highest BCUT2D eigenvalue weighted by Gasteiger charge is 2.38. The van der Waals surface area contributed by atoms with Gasteiger partial charge in [-0.1, -0.05) is 19.3 Å². The van der Waals surface area contributed by atoms with Crippen molar-refractivity contribution in [2.24, 2.45) is 0 Å². The third-order valence-electron chi connectivity index (χ3n) is 5.16. The Morgan fingerprint density at radius 2 is 1.67 bits per heavy atom. The summed E-state index contributed by atoms with van der Waals surface area (Å²) in [5, 5.41) is 11.6. The lowest BCUT2D eigenvalue weighted by molar-refractivity contribution is -0.138. The quantitative estimate of drug-likeness (QED) is 0.234. The second-order valence-electron chi connectivity index (χ2n) is 7.89. The Bertz CT molecular complexity index is 556. The standard InChI is InChI=1S/C22H38N2O5S/c1-18(26)11-12-23-13-16-30-20-17-21(28)24(22(20)29)14-7-4-6-10-19(27)9-5-2-3-8-15-25/h20,23,25H,2-17H2,1H3. The second-order valence-corrected chi connectivity index (χ2v) is 9.20. The maximum absolute atomic E-state index is 12.4. The van der Waals surface area contributed by atoms with Crippen molar-refractivity contribution >= 4 is 35.1 Å². The molecule has 1 atom stereocenters. The third-order valence-corrected chi connectivity index (χ3v) is 6.37. The van der Waals surface area contributed by atoms with Crippen molar-refractivity contribution in [2.45, 2.75) is 82.8 Å². The Kier molecular flexibility index (Phi) is 14.7. The van der Waals surface area contributed by atoms with Crippen molar-refractivity contribution < 1.29 is 24.3 Å². The third kappa shape index (κ3) is 11.8. The molecule has 1 aliphatic rings. The Hall–Kier alpha value is -1.25. The lowest BCUT2D eigenvalue weighted by Gasteiger charge is -2.14. The minimum Gasteiger partial charge on any atom is -0.396 e. The predicted octanol–water partition coefficient (Wildman–Crippen LogP) is 2.49. The van der Waals surface area contributed by atoms with E-state index in [-0.39, 0.29) is 41.7 Å². The van der Waals surface area contributed by atoms with Gasteiger partial charge in [-0.25, -0.2) is 0 Å². The first-order chi connectivity index (χ1) is 14.5. The van der Waals surface area contributed by atoms with Gasteiger partial charge in [0, 0.05) is 57.7 Å². The maximum atomic E-state index is 12.4. The van der Waals surface area contributed by atoms with E-state index in [1.54, 1.807) is 6.92 Å². The molecule has 172 valence electrons. The number of aliphatic hydroxyl groups is 1. The van der Waals surface area contributed by atoms with Crippen molar-refractivity contribution in [3.05, 3.63) is 0 Å². The molecular weight excluding hydrogens is 404 g/mol. The number of carbonyl (C=O) groups excluding carboxylic acids is 4. The molecular formula is C22H38N2O5S. The first kappa shape index (κ1) is 26.8. The number of thioether (sulfide) groups is 1. The van der Waals surface area contributed by atoms with E-state index in [1.807, 2.05) is 0 Å². The first-order valence-electron chi connectivity index (χ1n) is 11.2. The highest BCUT2D eigenvalue weighted by atomic mass is 32.2. The number of Topliss-reactive ketones (excluding diaryl/α,β-unsaturated/α-hetero) is 2. The van der Waals surface area contributed by atoms with Crippen LogP contribution in [0.15, 0.2) is 0 Å². The largest absolute Gasteiger partial charge is 0.396 e. The van der Waals surface area contributed by atoms with Gasteiger partial charge in [-0.05, 0) is 32.6 Å². The number of likely N-dealkylation sites (tertiary alicyclic amines) is 1. The van der Waals surface area contributed by atoms with E-state index in [0.29, 0.717) is 38.9 Å². The molecule has 0 aromatic carbocycles. The van der Waals surface area contributed by atoms with Gasteiger partial charge in [-0.3, -0.25) is 24.1 Å². The van der Waals surface area contributed by atoms with Crippen LogP contribution in [0.1, 0.15) is 77.6 Å². The predicted molar refractivity (Wildman–Crippen MR) is 119 cm³/mol. The number of unbranched alkanes of at least 4 members (excludes halogenated alkanes) is 5. The average molecular weight is 443 g/mol. The van der Waals surface area contributed by atoms with E-state index in [0.717, 1.165) is 50.7 Å². The molecule has 0 spiro atoms. The fourth-order valence-corrected chi connectivity index (χ4v) is 4.44. The van der Waals surface area contributed by atoms with Crippen molar-refractivity contribution in [3.63, 3.8) is 0 Å². The van der Waals surface area contributed by atoms with E-state index in [9.17, 15) is 19.2 Å². The Morgan fingerprint density at radius 1 is 1.00 bits per heavy atom. The molecule has 2 amide bonds. The molecule has 7 nitrogen and oxygen atoms in total. The summed E-state index contributed by atoms with van der Waals surface area (Å²) >= 11 is 1.50. The number of nitrogens with zero attached hydrogens (tertiary/aromatic N) is 1. The van der Waals surface area contributed by atoms with Crippen LogP contribution in [0.3, 0.4) is 0 Å². The van der Waals surface area contributed by atoms with E-state index in [2.05, 4.69) is 5.32 Å². The molecule has 8 heteroatoms. The van der Waals surface area contributed by atoms with Gasteiger partial charge in [0.15, 0.2) is 0 Å². The summed E-state index contributed by atoms with van der Waals surface area (Å²) in [5.74, 6) is 0.979. The average Bonchev–Trinajstić information content (AvgIpc) is 2.97. The highest BCUT2D eigenvalue weighted by molar-refractivity contribution is 8.00. The zero-order valence-electron chi connectivity index (χ0n) is 18.3. The van der Waals surface area contributed by atoms with E-state index >= 15 is 0 Å². The number of nitrogens with one attached hydrogen (secondary N) is 1. The summed E-state index contributed by atoms with van der Waals surface area (Å²) in [7, 11) is 0. The van der Waals surface area contributed by atoms with Gasteiger partial charge in [0.05, 0.1) is 5.25 Å². The van der Waals surface area contributed by atoms with Crippen molar-refractivity contribution in [3.8, 4) is 0 Å². The second kappa shape index (κ2) is 16.4. The van der Waals surface area contributed by atoms with E-state index in [4.69, 9.17) is 5.11 Å². The van der Waals surface area contributed by atoms with Crippen LogP contribution in [-0.2, 0) is 19.2 Å². The molecule has 0 aromatic rings. The smallest absolute Gasteiger partial charge is 0.242 e. The molecule has 0 aliphatic carbocycles. The molecule has 0 aromatic heterocycles. The van der Waals surface area contributed by atoms with Crippen LogP contribution in [-0.4, -0.2) is 70.6 Å².